The summed E-state index contributed by atoms with van der Waals surface area (Å²) in [5.41, 5.74) is 2.03. The van der Waals surface area contributed by atoms with Gasteiger partial charge in [-0.05, 0) is 31.9 Å². The zero-order chi connectivity index (χ0) is 20.8. The summed E-state index contributed by atoms with van der Waals surface area (Å²) in [6, 6.07) is 12.8. The molecule has 0 saturated carbocycles. The van der Waals surface area contributed by atoms with Crippen LogP contribution in [0.25, 0.3) is 0 Å². The topological polar surface area (TPSA) is 64.3 Å². The van der Waals surface area contributed by atoms with Gasteiger partial charge in [0.1, 0.15) is 18.7 Å². The van der Waals surface area contributed by atoms with Crippen molar-refractivity contribution >= 4 is 13.0 Å². The molecule has 0 N–H and O–H groups in total. The predicted octanol–water partition coefficient (Wildman–Crippen LogP) is 3.86. The van der Waals surface area contributed by atoms with Gasteiger partial charge in [-0.25, -0.2) is 14.1 Å². The second kappa shape index (κ2) is 10.1. The summed E-state index contributed by atoms with van der Waals surface area (Å²) in [4.78, 5) is 2.38. The summed E-state index contributed by atoms with van der Waals surface area (Å²) < 4.78 is 21.7. The van der Waals surface area contributed by atoms with Crippen molar-refractivity contribution in [2.24, 2.45) is 4.74 Å². The molecule has 0 unspecified atom stereocenters. The quantitative estimate of drug-likeness (QED) is 0.523. The van der Waals surface area contributed by atoms with Crippen LogP contribution < -0.4 is 0 Å². The largest absolute Gasteiger partial charge is 0.379 e. The van der Waals surface area contributed by atoms with E-state index >= 15 is 0 Å². The van der Waals surface area contributed by atoms with E-state index in [1.165, 1.54) is 12.8 Å². The molecule has 3 heterocycles. The predicted molar refractivity (Wildman–Crippen MR) is 119 cm³/mol. The highest BCUT2D eigenvalue weighted by Gasteiger charge is 2.42. The SMILES string of the molecule is C/C(=C(/C#N)P(=Nc1ccccc1)(N1CCOCC1)N1CCOCC1)N1CCCC1. The molecule has 7 nitrogen and oxygen atoms in total. The summed E-state index contributed by atoms with van der Waals surface area (Å²) in [6.45, 7) is 10.0. The molecular weight excluding hydrogens is 397 g/mol. The first-order valence-corrected chi connectivity index (χ1v) is 12.6. The molecule has 3 aliphatic heterocycles. The third kappa shape index (κ3) is 4.34. The Morgan fingerprint density at radius 2 is 1.43 bits per heavy atom. The Morgan fingerprint density at radius 1 is 0.900 bits per heavy atom. The van der Waals surface area contributed by atoms with E-state index < -0.39 is 7.36 Å². The van der Waals surface area contributed by atoms with Crippen LogP contribution in [-0.4, -0.2) is 79.9 Å². The third-order valence-corrected chi connectivity index (χ3v) is 10.0. The monoisotopic (exact) mass is 429 g/mol. The maximum atomic E-state index is 10.5. The van der Waals surface area contributed by atoms with Crippen LogP contribution in [0.2, 0.25) is 0 Å². The molecule has 0 spiro atoms. The molecule has 3 aliphatic rings. The van der Waals surface area contributed by atoms with Gasteiger partial charge in [-0.2, -0.15) is 5.26 Å². The zero-order valence-corrected chi connectivity index (χ0v) is 18.8. The zero-order valence-electron chi connectivity index (χ0n) is 17.9. The standard InChI is InChI=1S/C22H32N5O2P/c1-20(25-9-5-6-10-25)22(19-23)30(26-11-15-28-16-12-26,27-13-17-29-18-14-27)24-21-7-3-2-4-8-21/h2-4,7-8H,5-6,9-18H2,1H3/b22-20+. The van der Waals surface area contributed by atoms with Gasteiger partial charge in [0.25, 0.3) is 0 Å². The van der Waals surface area contributed by atoms with Gasteiger partial charge in [0.15, 0.2) is 0 Å². The molecule has 0 amide bonds. The molecule has 1 aromatic rings. The van der Waals surface area contributed by atoms with Crippen molar-refractivity contribution in [3.05, 3.63) is 41.3 Å². The normalized spacial score (nSPS) is 22.5. The van der Waals surface area contributed by atoms with Gasteiger partial charge in [0.05, 0.1) is 32.1 Å². The lowest BCUT2D eigenvalue weighted by molar-refractivity contribution is 0.0575. The molecule has 162 valence electrons. The molecule has 4 rings (SSSR count). The highest BCUT2D eigenvalue weighted by molar-refractivity contribution is 7.66. The van der Waals surface area contributed by atoms with E-state index in [4.69, 9.17) is 14.2 Å². The Bertz CT molecular complexity index is 811. The van der Waals surface area contributed by atoms with Crippen molar-refractivity contribution < 1.29 is 9.47 Å². The lowest BCUT2D eigenvalue weighted by Crippen LogP contribution is -2.44. The van der Waals surface area contributed by atoms with Crippen LogP contribution >= 0.6 is 7.36 Å². The second-order valence-corrected chi connectivity index (χ2v) is 10.8. The first kappa shape index (κ1) is 21.5. The molecule has 1 aromatic carbocycles. The molecule has 3 saturated heterocycles. The van der Waals surface area contributed by atoms with Crippen molar-refractivity contribution in [1.29, 1.82) is 5.26 Å². The van der Waals surface area contributed by atoms with Crippen molar-refractivity contribution in [1.82, 2.24) is 14.2 Å². The van der Waals surface area contributed by atoms with Gasteiger partial charge in [0, 0.05) is 45.0 Å². The van der Waals surface area contributed by atoms with E-state index in [-0.39, 0.29) is 0 Å². The molecule has 0 atom stereocenters. The second-order valence-electron chi connectivity index (χ2n) is 7.88. The summed E-state index contributed by atoms with van der Waals surface area (Å²) >= 11 is 0. The van der Waals surface area contributed by atoms with Gasteiger partial charge in [-0.3, -0.25) is 0 Å². The molecule has 30 heavy (non-hydrogen) atoms. The molecule has 0 aromatic heterocycles. The van der Waals surface area contributed by atoms with Gasteiger partial charge in [-0.15, -0.1) is 0 Å². The third-order valence-electron chi connectivity index (χ3n) is 6.10. The lowest BCUT2D eigenvalue weighted by atomic mass is 10.3. The Kier molecular flexibility index (Phi) is 7.24. The van der Waals surface area contributed by atoms with Crippen LogP contribution in [0.3, 0.4) is 0 Å². The number of morpholine rings is 2. The smallest absolute Gasteiger partial charge is 0.145 e. The van der Waals surface area contributed by atoms with Crippen molar-refractivity contribution in [3.63, 3.8) is 0 Å². The van der Waals surface area contributed by atoms with Crippen LogP contribution in [0.4, 0.5) is 5.69 Å². The van der Waals surface area contributed by atoms with Gasteiger partial charge in [0.2, 0.25) is 0 Å². The summed E-state index contributed by atoms with van der Waals surface area (Å²) in [7, 11) is -2.48. The van der Waals surface area contributed by atoms with E-state index in [0.717, 1.165) is 56.0 Å². The van der Waals surface area contributed by atoms with Crippen molar-refractivity contribution in [3.8, 4) is 6.07 Å². The minimum Gasteiger partial charge on any atom is -0.379 e. The van der Waals surface area contributed by atoms with Crippen LogP contribution in [0.15, 0.2) is 46.1 Å². The van der Waals surface area contributed by atoms with E-state index in [1.54, 1.807) is 0 Å². The number of rotatable bonds is 5. The minimum atomic E-state index is -2.48. The summed E-state index contributed by atoms with van der Waals surface area (Å²) in [5.74, 6) is 0. The number of benzene rings is 1. The average molecular weight is 430 g/mol. The van der Waals surface area contributed by atoms with E-state index in [9.17, 15) is 5.26 Å². The molecule has 0 aliphatic carbocycles. The van der Waals surface area contributed by atoms with Gasteiger partial charge >= 0.3 is 0 Å². The van der Waals surface area contributed by atoms with E-state index in [2.05, 4.69) is 39.4 Å². The molecular formula is C22H32N5O2P. The van der Waals surface area contributed by atoms with E-state index in [0.29, 0.717) is 26.4 Å². The highest BCUT2D eigenvalue weighted by atomic mass is 31.2. The Labute approximate surface area is 180 Å². The molecule has 0 bridgehead atoms. The van der Waals surface area contributed by atoms with Gasteiger partial charge < -0.3 is 14.4 Å². The molecule has 0 radical (unpaired) electrons. The van der Waals surface area contributed by atoms with Crippen LogP contribution in [0.1, 0.15) is 19.8 Å². The number of hydrogen-bond donors (Lipinski definition) is 0. The number of hydrogen-bond acceptors (Lipinski definition) is 5. The average Bonchev–Trinajstić information content (AvgIpc) is 3.36. The number of allylic oxidation sites excluding steroid dienone is 2. The number of likely N-dealkylation sites (tertiary alicyclic amines) is 1. The first-order valence-electron chi connectivity index (χ1n) is 11.0. The van der Waals surface area contributed by atoms with Crippen LogP contribution in [0.5, 0.6) is 0 Å². The number of nitrogens with zero attached hydrogens (tertiary/aromatic N) is 5. The lowest BCUT2D eigenvalue weighted by Gasteiger charge is -2.47. The van der Waals surface area contributed by atoms with E-state index in [1.807, 2.05) is 18.2 Å². The molecule has 3 fully saturated rings. The molecule has 8 heteroatoms. The first-order chi connectivity index (χ1) is 14.8. The Balaban J connectivity index is 1.94. The van der Waals surface area contributed by atoms with Crippen LogP contribution in [-0.2, 0) is 9.47 Å². The van der Waals surface area contributed by atoms with Crippen LogP contribution in [0, 0.1) is 11.3 Å². The van der Waals surface area contributed by atoms with Crippen molar-refractivity contribution in [2.45, 2.75) is 19.8 Å². The van der Waals surface area contributed by atoms with Crippen molar-refractivity contribution in [2.75, 3.05) is 65.7 Å². The summed E-state index contributed by atoms with van der Waals surface area (Å²) in [6.07, 6.45) is 2.37. The number of ether oxygens (including phenoxy) is 2. The maximum absolute atomic E-state index is 10.5. The Hall–Kier alpha value is -1.68. The minimum absolute atomic E-state index is 0.678. The fourth-order valence-electron chi connectivity index (χ4n) is 4.53. The highest BCUT2D eigenvalue weighted by Crippen LogP contribution is 2.65. The fourth-order valence-corrected chi connectivity index (χ4v) is 8.41. The fraction of sp³-hybridized carbons (Fsp3) is 0.591. The number of nitriles is 1. The summed E-state index contributed by atoms with van der Waals surface area (Å²) in [5, 5.41) is 11.4. The van der Waals surface area contributed by atoms with Gasteiger partial charge in [-0.1, -0.05) is 18.2 Å². The maximum Gasteiger partial charge on any atom is 0.145 e. The Morgan fingerprint density at radius 3 is 1.93 bits per heavy atom.